The zero-order valence-electron chi connectivity index (χ0n) is 13.0. The van der Waals surface area contributed by atoms with Crippen LogP contribution in [-0.4, -0.2) is 16.2 Å². The van der Waals surface area contributed by atoms with Gasteiger partial charge in [-0.25, -0.2) is 0 Å². The third-order valence-corrected chi connectivity index (χ3v) is 3.11. The van der Waals surface area contributed by atoms with Crippen molar-refractivity contribution in [2.75, 3.05) is 5.32 Å². The Morgan fingerprint density at radius 2 is 1.95 bits per heavy atom. The normalized spacial score (nSPS) is 10.7. The summed E-state index contributed by atoms with van der Waals surface area (Å²) in [5, 5.41) is 13.1. The van der Waals surface area contributed by atoms with E-state index in [9.17, 15) is 5.11 Å². The number of nitrogens with zero attached hydrogens (tertiary/aromatic N) is 1. The molecule has 0 fully saturated rings. The molecular formula is C17H22N2O2. The Kier molecular flexibility index (Phi) is 4.68. The molecular weight excluding hydrogens is 264 g/mol. The van der Waals surface area contributed by atoms with Crippen molar-refractivity contribution >= 4 is 5.69 Å². The fraction of sp³-hybridized carbons (Fsp3) is 0.353. The molecule has 112 valence electrons. The number of anilines is 1. The molecule has 0 spiro atoms. The summed E-state index contributed by atoms with van der Waals surface area (Å²) < 4.78 is 5.67. The second-order valence-electron chi connectivity index (χ2n) is 5.42. The minimum absolute atomic E-state index is 0.164. The molecule has 0 aliphatic carbocycles. The summed E-state index contributed by atoms with van der Waals surface area (Å²) in [5.74, 6) is 1.08. The molecule has 0 unspecified atom stereocenters. The van der Waals surface area contributed by atoms with Crippen LogP contribution in [-0.2, 0) is 6.54 Å². The average molecular weight is 286 g/mol. The van der Waals surface area contributed by atoms with Crippen LogP contribution in [0.1, 0.15) is 30.8 Å². The first-order valence-corrected chi connectivity index (χ1v) is 7.12. The molecule has 0 bridgehead atoms. The molecule has 0 aliphatic heterocycles. The van der Waals surface area contributed by atoms with Crippen LogP contribution in [0.3, 0.4) is 0 Å². The molecule has 1 aromatic carbocycles. The molecule has 0 saturated heterocycles. The van der Waals surface area contributed by atoms with Crippen molar-refractivity contribution in [3.05, 3.63) is 47.3 Å². The zero-order valence-corrected chi connectivity index (χ0v) is 13.0. The van der Waals surface area contributed by atoms with Gasteiger partial charge in [-0.1, -0.05) is 0 Å². The molecule has 0 radical (unpaired) electrons. The molecule has 0 saturated carbocycles. The van der Waals surface area contributed by atoms with E-state index < -0.39 is 0 Å². The van der Waals surface area contributed by atoms with Crippen molar-refractivity contribution in [1.29, 1.82) is 0 Å². The van der Waals surface area contributed by atoms with Crippen LogP contribution < -0.4 is 10.1 Å². The monoisotopic (exact) mass is 286 g/mol. The Hall–Kier alpha value is -2.23. The predicted molar refractivity (Wildman–Crippen MR) is 84.9 cm³/mol. The van der Waals surface area contributed by atoms with Crippen LogP contribution in [0, 0.1) is 13.8 Å². The first-order chi connectivity index (χ1) is 9.95. The summed E-state index contributed by atoms with van der Waals surface area (Å²) >= 11 is 0. The van der Waals surface area contributed by atoms with Gasteiger partial charge in [0, 0.05) is 11.4 Å². The van der Waals surface area contributed by atoms with Crippen LogP contribution in [0.25, 0.3) is 0 Å². The minimum Gasteiger partial charge on any atom is -0.506 e. The Morgan fingerprint density at radius 1 is 1.19 bits per heavy atom. The number of aryl methyl sites for hydroxylation is 2. The number of aromatic nitrogens is 1. The van der Waals surface area contributed by atoms with Crippen molar-refractivity contribution in [2.45, 2.75) is 40.3 Å². The van der Waals surface area contributed by atoms with Gasteiger partial charge in [0.2, 0.25) is 0 Å². The Labute approximate surface area is 125 Å². The minimum atomic E-state index is 0.164. The highest BCUT2D eigenvalue weighted by molar-refractivity contribution is 5.54. The summed E-state index contributed by atoms with van der Waals surface area (Å²) in [5.41, 5.74) is 3.65. The van der Waals surface area contributed by atoms with Crippen molar-refractivity contribution in [3.63, 3.8) is 0 Å². The number of hydrogen-bond acceptors (Lipinski definition) is 4. The molecule has 2 N–H and O–H groups in total. The molecule has 2 rings (SSSR count). The number of hydrogen-bond donors (Lipinski definition) is 2. The largest absolute Gasteiger partial charge is 0.506 e. The van der Waals surface area contributed by atoms with Crippen molar-refractivity contribution in [3.8, 4) is 11.5 Å². The maximum absolute atomic E-state index is 9.80. The van der Waals surface area contributed by atoms with Gasteiger partial charge >= 0.3 is 0 Å². The van der Waals surface area contributed by atoms with Gasteiger partial charge in [-0.2, -0.15) is 0 Å². The number of rotatable bonds is 5. The topological polar surface area (TPSA) is 54.4 Å². The van der Waals surface area contributed by atoms with E-state index in [1.807, 2.05) is 45.9 Å². The van der Waals surface area contributed by atoms with Gasteiger partial charge in [-0.15, -0.1) is 0 Å². The van der Waals surface area contributed by atoms with Crippen molar-refractivity contribution in [1.82, 2.24) is 4.98 Å². The third-order valence-electron chi connectivity index (χ3n) is 3.11. The Balaban J connectivity index is 2.08. The average Bonchev–Trinajstić information content (AvgIpc) is 2.41. The smallest absolute Gasteiger partial charge is 0.138 e. The molecule has 0 amide bonds. The van der Waals surface area contributed by atoms with Gasteiger partial charge in [0.1, 0.15) is 17.2 Å². The van der Waals surface area contributed by atoms with E-state index in [0.717, 1.165) is 22.7 Å². The number of nitrogens with one attached hydrogen (secondary N) is 1. The van der Waals surface area contributed by atoms with Crippen LogP contribution >= 0.6 is 0 Å². The lowest BCUT2D eigenvalue weighted by molar-refractivity contribution is 0.242. The summed E-state index contributed by atoms with van der Waals surface area (Å²) in [6, 6.07) is 9.40. The lowest BCUT2D eigenvalue weighted by Crippen LogP contribution is -2.07. The Morgan fingerprint density at radius 3 is 2.62 bits per heavy atom. The van der Waals surface area contributed by atoms with Crippen LogP contribution in [0.2, 0.25) is 0 Å². The molecule has 4 heteroatoms. The standard InChI is InChI=1S/C17H22N2O2/c1-11(2)21-14-6-7-15(12(3)9-14)18-10-16-17(20)8-5-13(4)19-16/h5-9,11,18,20H,10H2,1-4H3. The maximum Gasteiger partial charge on any atom is 0.138 e. The molecule has 0 aliphatic rings. The summed E-state index contributed by atoms with van der Waals surface area (Å²) in [7, 11) is 0. The summed E-state index contributed by atoms with van der Waals surface area (Å²) in [6.45, 7) is 8.44. The van der Waals surface area contributed by atoms with E-state index in [-0.39, 0.29) is 11.9 Å². The van der Waals surface area contributed by atoms with E-state index in [1.165, 1.54) is 0 Å². The predicted octanol–water partition coefficient (Wildman–Crippen LogP) is 3.80. The molecule has 2 aromatic rings. The van der Waals surface area contributed by atoms with E-state index in [4.69, 9.17) is 4.74 Å². The van der Waals surface area contributed by atoms with Gasteiger partial charge in [-0.05, 0) is 63.6 Å². The highest BCUT2D eigenvalue weighted by Crippen LogP contribution is 2.23. The van der Waals surface area contributed by atoms with Crippen molar-refractivity contribution < 1.29 is 9.84 Å². The summed E-state index contributed by atoms with van der Waals surface area (Å²) in [6.07, 6.45) is 0.164. The molecule has 1 heterocycles. The third kappa shape index (κ3) is 4.12. The highest BCUT2D eigenvalue weighted by atomic mass is 16.5. The van der Waals surface area contributed by atoms with Gasteiger partial charge in [0.25, 0.3) is 0 Å². The van der Waals surface area contributed by atoms with Gasteiger partial charge in [-0.3, -0.25) is 4.98 Å². The molecule has 0 atom stereocenters. The first kappa shape index (κ1) is 15.2. The Bertz CT molecular complexity index is 624. The van der Waals surface area contributed by atoms with E-state index in [1.54, 1.807) is 12.1 Å². The SMILES string of the molecule is Cc1ccc(O)c(CNc2ccc(OC(C)C)cc2C)n1. The zero-order chi connectivity index (χ0) is 15.4. The van der Waals surface area contributed by atoms with Gasteiger partial charge < -0.3 is 15.2 Å². The van der Waals surface area contributed by atoms with Crippen LogP contribution in [0.5, 0.6) is 11.5 Å². The van der Waals surface area contributed by atoms with Crippen LogP contribution in [0.15, 0.2) is 30.3 Å². The first-order valence-electron chi connectivity index (χ1n) is 7.12. The van der Waals surface area contributed by atoms with Gasteiger partial charge in [0.15, 0.2) is 0 Å². The second kappa shape index (κ2) is 6.48. The fourth-order valence-electron chi connectivity index (χ4n) is 2.09. The molecule has 4 nitrogen and oxygen atoms in total. The lowest BCUT2D eigenvalue weighted by Gasteiger charge is -2.14. The molecule has 1 aromatic heterocycles. The summed E-state index contributed by atoms with van der Waals surface area (Å²) in [4.78, 5) is 4.34. The molecule has 21 heavy (non-hydrogen) atoms. The second-order valence-corrected chi connectivity index (χ2v) is 5.42. The number of benzene rings is 1. The highest BCUT2D eigenvalue weighted by Gasteiger charge is 2.06. The number of aromatic hydroxyl groups is 1. The van der Waals surface area contributed by atoms with E-state index in [0.29, 0.717) is 12.2 Å². The maximum atomic E-state index is 9.80. The number of pyridine rings is 1. The van der Waals surface area contributed by atoms with Crippen LogP contribution in [0.4, 0.5) is 5.69 Å². The van der Waals surface area contributed by atoms with Crippen molar-refractivity contribution in [2.24, 2.45) is 0 Å². The van der Waals surface area contributed by atoms with E-state index in [2.05, 4.69) is 10.3 Å². The lowest BCUT2D eigenvalue weighted by atomic mass is 10.2. The van der Waals surface area contributed by atoms with E-state index >= 15 is 0 Å². The quantitative estimate of drug-likeness (QED) is 0.877. The van der Waals surface area contributed by atoms with Gasteiger partial charge in [0.05, 0.1) is 12.6 Å². The number of ether oxygens (including phenoxy) is 1. The fourth-order valence-corrected chi connectivity index (χ4v) is 2.09.